The predicted octanol–water partition coefficient (Wildman–Crippen LogP) is 4.68. The van der Waals surface area contributed by atoms with E-state index < -0.39 is 23.3 Å². The molecule has 0 saturated heterocycles. The summed E-state index contributed by atoms with van der Waals surface area (Å²) < 4.78 is 0. The van der Waals surface area contributed by atoms with Crippen molar-refractivity contribution in [3.63, 3.8) is 0 Å². The Morgan fingerprint density at radius 2 is 1.50 bits per heavy atom. The van der Waals surface area contributed by atoms with Crippen molar-refractivity contribution in [1.29, 1.82) is 0 Å². The first kappa shape index (κ1) is 20.9. The van der Waals surface area contributed by atoms with Crippen molar-refractivity contribution < 1.29 is 19.8 Å². The number of hydrogen-bond donors (Lipinski definition) is 2. The third kappa shape index (κ3) is 6.37. The number of hydrogen-bond acceptors (Lipinski definition) is 2. The highest BCUT2D eigenvalue weighted by molar-refractivity contribution is 5.74. The van der Waals surface area contributed by atoms with Crippen molar-refractivity contribution in [3.8, 4) is 0 Å². The van der Waals surface area contributed by atoms with E-state index in [2.05, 4.69) is 27.7 Å². The van der Waals surface area contributed by atoms with Crippen molar-refractivity contribution in [1.82, 2.24) is 0 Å². The van der Waals surface area contributed by atoms with Gasteiger partial charge in [0.1, 0.15) is 0 Å². The highest BCUT2D eigenvalue weighted by atomic mass is 16.4. The van der Waals surface area contributed by atoms with Gasteiger partial charge in [0.2, 0.25) is 0 Å². The molecule has 0 aromatic heterocycles. The SMILES string of the molecule is CCC(C)CC(C)(CC(C)(C)CC(C)C(C)C(=O)O)C(=O)O. The second-order valence-electron chi connectivity index (χ2n) is 8.23. The maximum atomic E-state index is 11.8. The molecule has 4 heteroatoms. The second kappa shape index (κ2) is 7.98. The molecule has 0 rings (SSSR count). The number of rotatable bonds is 10. The fourth-order valence-corrected chi connectivity index (χ4v) is 3.57. The van der Waals surface area contributed by atoms with Crippen LogP contribution < -0.4 is 0 Å². The summed E-state index contributed by atoms with van der Waals surface area (Å²) in [4.78, 5) is 22.9. The van der Waals surface area contributed by atoms with E-state index in [-0.39, 0.29) is 11.3 Å². The highest BCUT2D eigenvalue weighted by Crippen LogP contribution is 2.43. The maximum Gasteiger partial charge on any atom is 0.309 e. The summed E-state index contributed by atoms with van der Waals surface area (Å²) in [5.41, 5.74) is -0.963. The van der Waals surface area contributed by atoms with Crippen LogP contribution in [-0.2, 0) is 9.59 Å². The fourth-order valence-electron chi connectivity index (χ4n) is 3.57. The summed E-state index contributed by atoms with van der Waals surface area (Å²) in [6, 6.07) is 0. The van der Waals surface area contributed by atoms with E-state index in [9.17, 15) is 14.7 Å². The summed E-state index contributed by atoms with van der Waals surface area (Å²) >= 11 is 0. The summed E-state index contributed by atoms with van der Waals surface area (Å²) in [5.74, 6) is -1.56. The zero-order valence-electron chi connectivity index (χ0n) is 15.3. The van der Waals surface area contributed by atoms with E-state index in [1.165, 1.54) is 0 Å². The van der Waals surface area contributed by atoms with Crippen LogP contribution in [0.2, 0.25) is 0 Å². The van der Waals surface area contributed by atoms with Gasteiger partial charge in [0.15, 0.2) is 0 Å². The lowest BCUT2D eigenvalue weighted by atomic mass is 9.66. The smallest absolute Gasteiger partial charge is 0.309 e. The van der Waals surface area contributed by atoms with E-state index >= 15 is 0 Å². The van der Waals surface area contributed by atoms with Crippen molar-refractivity contribution >= 4 is 11.9 Å². The molecule has 0 aliphatic carbocycles. The summed E-state index contributed by atoms with van der Waals surface area (Å²) in [7, 11) is 0. The summed E-state index contributed by atoms with van der Waals surface area (Å²) in [6.07, 6.45) is 2.90. The minimum Gasteiger partial charge on any atom is -0.481 e. The van der Waals surface area contributed by atoms with Gasteiger partial charge in [0, 0.05) is 0 Å². The molecule has 0 saturated carbocycles. The molecular weight excluding hydrogens is 280 g/mol. The van der Waals surface area contributed by atoms with Crippen LogP contribution in [0.25, 0.3) is 0 Å². The van der Waals surface area contributed by atoms with Crippen molar-refractivity contribution in [3.05, 3.63) is 0 Å². The minimum atomic E-state index is -0.788. The van der Waals surface area contributed by atoms with Crippen molar-refractivity contribution in [2.75, 3.05) is 0 Å². The Labute approximate surface area is 135 Å². The normalized spacial score (nSPS) is 19.0. The number of carbonyl (C=O) groups is 2. The van der Waals surface area contributed by atoms with Crippen LogP contribution >= 0.6 is 0 Å². The summed E-state index contributed by atoms with van der Waals surface area (Å²) in [6.45, 7) is 13.8. The Balaban J connectivity index is 5.03. The Hall–Kier alpha value is -1.06. The fraction of sp³-hybridized carbons (Fsp3) is 0.889. The van der Waals surface area contributed by atoms with Gasteiger partial charge in [-0.2, -0.15) is 0 Å². The van der Waals surface area contributed by atoms with Crippen LogP contribution in [0, 0.1) is 28.6 Å². The number of carboxylic acids is 2. The average Bonchev–Trinajstić information content (AvgIpc) is 2.35. The monoisotopic (exact) mass is 314 g/mol. The molecule has 2 N–H and O–H groups in total. The molecule has 0 aliphatic heterocycles. The van der Waals surface area contributed by atoms with Crippen LogP contribution in [0.4, 0.5) is 0 Å². The van der Waals surface area contributed by atoms with E-state index in [0.29, 0.717) is 25.2 Å². The lowest BCUT2D eigenvalue weighted by Gasteiger charge is -2.38. The van der Waals surface area contributed by atoms with Crippen LogP contribution in [0.3, 0.4) is 0 Å². The van der Waals surface area contributed by atoms with Crippen LogP contribution in [-0.4, -0.2) is 22.2 Å². The first-order valence-electron chi connectivity index (χ1n) is 8.31. The molecule has 0 bridgehead atoms. The molecule has 0 heterocycles. The zero-order chi connectivity index (χ0) is 17.7. The topological polar surface area (TPSA) is 74.6 Å². The van der Waals surface area contributed by atoms with Gasteiger partial charge in [-0.1, -0.05) is 48.0 Å². The van der Waals surface area contributed by atoms with E-state index in [4.69, 9.17) is 5.11 Å². The minimum absolute atomic E-state index is 0.0224. The molecular formula is C18H34O4. The molecule has 0 radical (unpaired) electrons. The van der Waals surface area contributed by atoms with Crippen LogP contribution in [0.15, 0.2) is 0 Å². The molecule has 22 heavy (non-hydrogen) atoms. The third-order valence-electron chi connectivity index (χ3n) is 5.00. The van der Waals surface area contributed by atoms with Crippen molar-refractivity contribution in [2.24, 2.45) is 28.6 Å². The van der Waals surface area contributed by atoms with E-state index in [1.807, 2.05) is 13.8 Å². The zero-order valence-corrected chi connectivity index (χ0v) is 15.3. The first-order chi connectivity index (χ1) is 9.84. The van der Waals surface area contributed by atoms with E-state index in [0.717, 1.165) is 6.42 Å². The maximum absolute atomic E-state index is 11.8. The van der Waals surface area contributed by atoms with Gasteiger partial charge in [-0.3, -0.25) is 9.59 Å². The van der Waals surface area contributed by atoms with Gasteiger partial charge in [-0.25, -0.2) is 0 Å². The molecule has 4 atom stereocenters. The van der Waals surface area contributed by atoms with Gasteiger partial charge in [-0.15, -0.1) is 0 Å². The molecule has 0 spiro atoms. The number of carboxylic acid groups (broad SMARTS) is 2. The average molecular weight is 314 g/mol. The standard InChI is InChI=1S/C18H34O4/c1-8-12(2)9-18(7,16(21)22)11-17(5,6)10-13(3)14(4)15(19)20/h12-14H,8-11H2,1-7H3,(H,19,20)(H,21,22). The molecule has 4 nitrogen and oxygen atoms in total. The predicted molar refractivity (Wildman–Crippen MR) is 88.8 cm³/mol. The van der Waals surface area contributed by atoms with Gasteiger partial charge in [0.05, 0.1) is 11.3 Å². The van der Waals surface area contributed by atoms with Gasteiger partial charge in [-0.05, 0) is 43.4 Å². The first-order valence-corrected chi connectivity index (χ1v) is 8.31. The Kier molecular flexibility index (Phi) is 7.60. The molecule has 0 fully saturated rings. The van der Waals surface area contributed by atoms with Gasteiger partial charge >= 0.3 is 11.9 Å². The lowest BCUT2D eigenvalue weighted by Crippen LogP contribution is -2.36. The molecule has 0 aliphatic rings. The lowest BCUT2D eigenvalue weighted by molar-refractivity contribution is -0.152. The number of aliphatic carboxylic acids is 2. The quantitative estimate of drug-likeness (QED) is 0.614. The Morgan fingerprint density at radius 3 is 1.86 bits per heavy atom. The third-order valence-corrected chi connectivity index (χ3v) is 5.00. The van der Waals surface area contributed by atoms with Crippen LogP contribution in [0.5, 0.6) is 0 Å². The molecule has 4 unspecified atom stereocenters. The Morgan fingerprint density at radius 1 is 1.00 bits per heavy atom. The van der Waals surface area contributed by atoms with Crippen molar-refractivity contribution in [2.45, 2.75) is 74.1 Å². The molecule has 0 amide bonds. The van der Waals surface area contributed by atoms with Crippen LogP contribution in [0.1, 0.15) is 74.1 Å². The van der Waals surface area contributed by atoms with Gasteiger partial charge in [0.25, 0.3) is 0 Å². The summed E-state index contributed by atoms with van der Waals surface area (Å²) in [5, 5.41) is 18.8. The molecule has 130 valence electrons. The molecule has 0 aromatic carbocycles. The van der Waals surface area contributed by atoms with Gasteiger partial charge < -0.3 is 10.2 Å². The highest BCUT2D eigenvalue weighted by Gasteiger charge is 2.40. The van der Waals surface area contributed by atoms with E-state index in [1.54, 1.807) is 6.92 Å². The largest absolute Gasteiger partial charge is 0.481 e. The molecule has 0 aromatic rings. The Bertz CT molecular complexity index is 389. The second-order valence-corrected chi connectivity index (χ2v) is 8.23.